The van der Waals surface area contributed by atoms with Crippen molar-refractivity contribution in [1.29, 1.82) is 0 Å². The molecule has 0 bridgehead atoms. The lowest BCUT2D eigenvalue weighted by atomic mass is 10.2. The highest BCUT2D eigenvalue weighted by Crippen LogP contribution is 2.26. The Morgan fingerprint density at radius 3 is 2.61 bits per heavy atom. The van der Waals surface area contributed by atoms with Crippen LogP contribution < -0.4 is 11.1 Å². The number of hydrogen-bond donors (Lipinski definition) is 2. The average Bonchev–Trinajstić information content (AvgIpc) is 2.61. The predicted molar refractivity (Wildman–Crippen MR) is 79.7 cm³/mol. The van der Waals surface area contributed by atoms with Crippen LogP contribution in [0.5, 0.6) is 0 Å². The average molecular weight is 313 g/mol. The second-order valence-electron chi connectivity index (χ2n) is 4.77. The molecule has 0 amide bonds. The Labute approximate surface area is 117 Å². The second kappa shape index (κ2) is 6.95. The van der Waals surface area contributed by atoms with E-state index in [-0.39, 0.29) is 0 Å². The van der Waals surface area contributed by atoms with Crippen LogP contribution in [0.2, 0.25) is 0 Å². The molecule has 0 aliphatic carbocycles. The third-order valence-corrected chi connectivity index (χ3v) is 3.96. The van der Waals surface area contributed by atoms with Gasteiger partial charge in [0.1, 0.15) is 0 Å². The van der Waals surface area contributed by atoms with Crippen LogP contribution in [0.3, 0.4) is 0 Å². The van der Waals surface area contributed by atoms with Crippen LogP contribution >= 0.6 is 15.9 Å². The molecule has 1 aliphatic heterocycles. The van der Waals surface area contributed by atoms with Gasteiger partial charge in [-0.1, -0.05) is 12.8 Å². The Morgan fingerprint density at radius 1 is 1.22 bits per heavy atom. The topological polar surface area (TPSA) is 54.2 Å². The molecule has 1 aromatic rings. The maximum Gasteiger partial charge on any atom is 0.0750 e. The van der Waals surface area contributed by atoms with Crippen molar-refractivity contribution in [3.63, 3.8) is 0 Å². The number of pyridine rings is 1. The number of aromatic nitrogens is 1. The Kier molecular flexibility index (Phi) is 5.26. The molecule has 0 atom stereocenters. The van der Waals surface area contributed by atoms with E-state index >= 15 is 0 Å². The minimum absolute atomic E-state index is 0.695. The monoisotopic (exact) mass is 312 g/mol. The van der Waals surface area contributed by atoms with Gasteiger partial charge in [-0.3, -0.25) is 4.98 Å². The van der Waals surface area contributed by atoms with Crippen LogP contribution in [0.15, 0.2) is 16.9 Å². The normalized spacial score (nSPS) is 17.4. The van der Waals surface area contributed by atoms with Crippen LogP contribution in [-0.2, 0) is 0 Å². The van der Waals surface area contributed by atoms with Gasteiger partial charge in [0, 0.05) is 19.3 Å². The van der Waals surface area contributed by atoms with Gasteiger partial charge in [0.05, 0.1) is 22.0 Å². The molecule has 2 rings (SSSR count). The molecule has 1 saturated heterocycles. The fourth-order valence-corrected chi connectivity index (χ4v) is 2.82. The Bertz CT molecular complexity index is 355. The largest absolute Gasteiger partial charge is 0.396 e. The van der Waals surface area contributed by atoms with Gasteiger partial charge < -0.3 is 16.0 Å². The lowest BCUT2D eigenvalue weighted by Crippen LogP contribution is -2.30. The molecule has 4 nitrogen and oxygen atoms in total. The number of hydrogen-bond acceptors (Lipinski definition) is 4. The molecule has 1 aliphatic rings. The molecule has 0 aromatic carbocycles. The van der Waals surface area contributed by atoms with Crippen molar-refractivity contribution in [2.24, 2.45) is 0 Å². The standard InChI is InChI=1S/C13H21BrN4/c14-11-9-16-10-12(15)13(11)17-5-8-18-6-3-1-2-4-7-18/h9-10H,1-8,15H2,(H,16,17). The minimum atomic E-state index is 0.695. The molecule has 1 aromatic heterocycles. The van der Waals surface area contributed by atoms with Gasteiger partial charge in [-0.25, -0.2) is 0 Å². The number of nitrogens with zero attached hydrogens (tertiary/aromatic N) is 2. The fraction of sp³-hybridized carbons (Fsp3) is 0.615. The first-order chi connectivity index (χ1) is 8.77. The van der Waals surface area contributed by atoms with Gasteiger partial charge in [-0.05, 0) is 41.9 Å². The zero-order valence-electron chi connectivity index (χ0n) is 10.7. The molecule has 3 N–H and O–H groups in total. The van der Waals surface area contributed by atoms with E-state index in [1.54, 1.807) is 12.4 Å². The van der Waals surface area contributed by atoms with E-state index < -0.39 is 0 Å². The summed E-state index contributed by atoms with van der Waals surface area (Å²) in [5, 5.41) is 3.40. The van der Waals surface area contributed by atoms with E-state index in [0.717, 1.165) is 23.2 Å². The minimum Gasteiger partial charge on any atom is -0.396 e. The number of nitrogen functional groups attached to an aromatic ring is 1. The smallest absolute Gasteiger partial charge is 0.0750 e. The Balaban J connectivity index is 1.80. The van der Waals surface area contributed by atoms with Crippen LogP contribution in [-0.4, -0.2) is 36.1 Å². The van der Waals surface area contributed by atoms with Crippen LogP contribution in [0.25, 0.3) is 0 Å². The predicted octanol–water partition coefficient (Wildman–Crippen LogP) is 2.71. The van der Waals surface area contributed by atoms with E-state index in [2.05, 4.69) is 31.1 Å². The highest BCUT2D eigenvalue weighted by molar-refractivity contribution is 9.10. The van der Waals surface area contributed by atoms with Crippen molar-refractivity contribution in [2.75, 3.05) is 37.2 Å². The molecule has 0 unspecified atom stereocenters. The zero-order valence-corrected chi connectivity index (χ0v) is 12.2. The van der Waals surface area contributed by atoms with E-state index in [0.29, 0.717) is 5.69 Å². The molecule has 0 spiro atoms. The molecule has 18 heavy (non-hydrogen) atoms. The van der Waals surface area contributed by atoms with Crippen molar-refractivity contribution < 1.29 is 0 Å². The summed E-state index contributed by atoms with van der Waals surface area (Å²) >= 11 is 3.47. The van der Waals surface area contributed by atoms with Gasteiger partial charge in [0.25, 0.3) is 0 Å². The molecule has 100 valence electrons. The van der Waals surface area contributed by atoms with Crippen molar-refractivity contribution in [2.45, 2.75) is 25.7 Å². The van der Waals surface area contributed by atoms with Crippen molar-refractivity contribution in [1.82, 2.24) is 9.88 Å². The number of likely N-dealkylation sites (tertiary alicyclic amines) is 1. The highest BCUT2D eigenvalue weighted by Gasteiger charge is 2.09. The summed E-state index contributed by atoms with van der Waals surface area (Å²) in [6.07, 6.45) is 8.88. The Morgan fingerprint density at radius 2 is 1.94 bits per heavy atom. The van der Waals surface area contributed by atoms with Gasteiger partial charge in [0.15, 0.2) is 0 Å². The van der Waals surface area contributed by atoms with Gasteiger partial charge in [-0.2, -0.15) is 0 Å². The molecular formula is C13H21BrN4. The van der Waals surface area contributed by atoms with Crippen LogP contribution in [0.4, 0.5) is 11.4 Å². The van der Waals surface area contributed by atoms with Gasteiger partial charge >= 0.3 is 0 Å². The maximum absolute atomic E-state index is 5.90. The Hall–Kier alpha value is -0.810. The maximum atomic E-state index is 5.90. The zero-order chi connectivity index (χ0) is 12.8. The first-order valence-electron chi connectivity index (χ1n) is 6.62. The summed E-state index contributed by atoms with van der Waals surface area (Å²) < 4.78 is 0.929. The summed E-state index contributed by atoms with van der Waals surface area (Å²) in [4.78, 5) is 6.57. The number of nitrogens with two attached hydrogens (primary N) is 1. The van der Waals surface area contributed by atoms with Gasteiger partial charge in [-0.15, -0.1) is 0 Å². The number of halogens is 1. The molecule has 0 saturated carbocycles. The molecule has 1 fully saturated rings. The quantitative estimate of drug-likeness (QED) is 0.897. The van der Waals surface area contributed by atoms with E-state index in [1.807, 2.05) is 0 Å². The summed E-state index contributed by atoms with van der Waals surface area (Å²) in [6, 6.07) is 0. The van der Waals surface area contributed by atoms with Gasteiger partial charge in [0.2, 0.25) is 0 Å². The summed E-state index contributed by atoms with van der Waals surface area (Å²) in [5.41, 5.74) is 7.55. The molecular weight excluding hydrogens is 292 g/mol. The molecule has 5 heteroatoms. The fourth-order valence-electron chi connectivity index (χ4n) is 2.34. The lowest BCUT2D eigenvalue weighted by molar-refractivity contribution is 0.296. The summed E-state index contributed by atoms with van der Waals surface area (Å²) in [6.45, 7) is 4.46. The third-order valence-electron chi connectivity index (χ3n) is 3.36. The lowest BCUT2D eigenvalue weighted by Gasteiger charge is -2.20. The van der Waals surface area contributed by atoms with Crippen molar-refractivity contribution in [3.05, 3.63) is 16.9 Å². The van der Waals surface area contributed by atoms with Crippen molar-refractivity contribution in [3.8, 4) is 0 Å². The number of rotatable bonds is 4. The van der Waals surface area contributed by atoms with Crippen molar-refractivity contribution >= 4 is 27.3 Å². The summed E-state index contributed by atoms with van der Waals surface area (Å²) in [5.74, 6) is 0. The summed E-state index contributed by atoms with van der Waals surface area (Å²) in [7, 11) is 0. The molecule has 2 heterocycles. The number of nitrogens with one attached hydrogen (secondary N) is 1. The van der Waals surface area contributed by atoms with Crippen LogP contribution in [0, 0.1) is 0 Å². The van der Waals surface area contributed by atoms with E-state index in [9.17, 15) is 0 Å². The second-order valence-corrected chi connectivity index (χ2v) is 5.62. The van der Waals surface area contributed by atoms with E-state index in [1.165, 1.54) is 38.8 Å². The first-order valence-corrected chi connectivity index (χ1v) is 7.42. The van der Waals surface area contributed by atoms with Crippen LogP contribution in [0.1, 0.15) is 25.7 Å². The third kappa shape index (κ3) is 3.85. The number of anilines is 2. The SMILES string of the molecule is Nc1cncc(Br)c1NCCN1CCCCCC1. The van der Waals surface area contributed by atoms with E-state index in [4.69, 9.17) is 5.73 Å². The molecule has 0 radical (unpaired) electrons. The first kappa shape index (κ1) is 13.6. The highest BCUT2D eigenvalue weighted by atomic mass is 79.9.